The molecule has 0 radical (unpaired) electrons. The number of nitrogens with one attached hydrogen (secondary N) is 2. The van der Waals surface area contributed by atoms with Gasteiger partial charge < -0.3 is 20.5 Å². The van der Waals surface area contributed by atoms with E-state index in [1.807, 2.05) is 0 Å². The summed E-state index contributed by atoms with van der Waals surface area (Å²) < 4.78 is 4.99. The molecular formula is C13H18N2O4. The van der Waals surface area contributed by atoms with Crippen molar-refractivity contribution in [3.05, 3.63) is 24.3 Å². The van der Waals surface area contributed by atoms with Crippen molar-refractivity contribution < 1.29 is 19.4 Å². The van der Waals surface area contributed by atoms with Gasteiger partial charge in [-0.2, -0.15) is 0 Å². The van der Waals surface area contributed by atoms with E-state index in [1.54, 1.807) is 32.9 Å². The van der Waals surface area contributed by atoms with Crippen molar-refractivity contribution in [3.63, 3.8) is 0 Å². The minimum atomic E-state index is -0.654. The van der Waals surface area contributed by atoms with E-state index in [9.17, 15) is 14.7 Å². The molecule has 19 heavy (non-hydrogen) atoms. The third kappa shape index (κ3) is 6.30. The number of ether oxygens (including phenoxy) is 1. The van der Waals surface area contributed by atoms with Crippen LogP contribution in [0.15, 0.2) is 24.3 Å². The Hall–Kier alpha value is -2.24. The fourth-order valence-electron chi connectivity index (χ4n) is 1.26. The summed E-state index contributed by atoms with van der Waals surface area (Å²) in [7, 11) is 0. The highest BCUT2D eigenvalue weighted by Crippen LogP contribution is 2.14. The zero-order chi connectivity index (χ0) is 14.5. The number of carbonyl (C=O) groups excluding carboxylic acids is 2. The molecule has 0 bridgehead atoms. The Balaban J connectivity index is 2.38. The molecule has 6 heteroatoms. The second-order valence-corrected chi connectivity index (χ2v) is 4.95. The van der Waals surface area contributed by atoms with E-state index in [0.29, 0.717) is 5.69 Å². The highest BCUT2D eigenvalue weighted by Gasteiger charge is 2.16. The Morgan fingerprint density at radius 3 is 2.58 bits per heavy atom. The van der Waals surface area contributed by atoms with Crippen LogP contribution in [0, 0.1) is 0 Å². The van der Waals surface area contributed by atoms with Gasteiger partial charge in [-0.1, -0.05) is 6.07 Å². The number of aromatic hydroxyl groups is 1. The number of rotatable bonds is 3. The van der Waals surface area contributed by atoms with Crippen LogP contribution in [0.1, 0.15) is 20.8 Å². The third-order valence-electron chi connectivity index (χ3n) is 1.92. The van der Waals surface area contributed by atoms with Gasteiger partial charge in [0.15, 0.2) is 0 Å². The second-order valence-electron chi connectivity index (χ2n) is 4.95. The minimum absolute atomic E-state index is 0.0536. The maximum Gasteiger partial charge on any atom is 0.408 e. The van der Waals surface area contributed by atoms with Crippen LogP contribution in [-0.2, 0) is 9.53 Å². The number of alkyl carbamates (subject to hydrolysis) is 1. The van der Waals surface area contributed by atoms with Gasteiger partial charge in [0.1, 0.15) is 17.9 Å². The van der Waals surface area contributed by atoms with Gasteiger partial charge in [0.05, 0.1) is 0 Å². The maximum absolute atomic E-state index is 11.5. The molecule has 1 rings (SSSR count). The van der Waals surface area contributed by atoms with Crippen molar-refractivity contribution in [2.45, 2.75) is 26.4 Å². The number of benzene rings is 1. The molecule has 2 amide bonds. The molecule has 0 aliphatic carbocycles. The van der Waals surface area contributed by atoms with Crippen LogP contribution in [0.4, 0.5) is 10.5 Å². The molecule has 0 saturated carbocycles. The first kappa shape index (κ1) is 14.8. The standard InChI is InChI=1S/C13H18N2O4/c1-13(2,3)19-12(18)14-8-11(17)15-9-5-4-6-10(16)7-9/h4-7,16H,8H2,1-3H3,(H,14,18)(H,15,17). The third-order valence-corrected chi connectivity index (χ3v) is 1.92. The van der Waals surface area contributed by atoms with Gasteiger partial charge >= 0.3 is 6.09 Å². The summed E-state index contributed by atoms with van der Waals surface area (Å²) in [5, 5.41) is 14.1. The van der Waals surface area contributed by atoms with Gasteiger partial charge in [-0.25, -0.2) is 4.79 Å². The lowest BCUT2D eigenvalue weighted by Crippen LogP contribution is -2.37. The largest absolute Gasteiger partial charge is 0.508 e. The fraction of sp³-hybridized carbons (Fsp3) is 0.385. The summed E-state index contributed by atoms with van der Waals surface area (Å²) in [6, 6.07) is 6.14. The van der Waals surface area contributed by atoms with E-state index in [1.165, 1.54) is 12.1 Å². The van der Waals surface area contributed by atoms with Crippen molar-refractivity contribution in [1.29, 1.82) is 0 Å². The van der Waals surface area contributed by atoms with Gasteiger partial charge in [0.25, 0.3) is 0 Å². The first-order valence-electron chi connectivity index (χ1n) is 5.82. The van der Waals surface area contributed by atoms with Gasteiger partial charge in [-0.3, -0.25) is 4.79 Å². The zero-order valence-electron chi connectivity index (χ0n) is 11.2. The Bertz CT molecular complexity index is 466. The number of anilines is 1. The van der Waals surface area contributed by atoms with Crippen molar-refractivity contribution >= 4 is 17.7 Å². The number of hydrogen-bond donors (Lipinski definition) is 3. The van der Waals surface area contributed by atoms with Crippen LogP contribution >= 0.6 is 0 Å². The summed E-state index contributed by atoms with van der Waals surface area (Å²) in [5.74, 6) is -0.352. The van der Waals surface area contributed by atoms with E-state index in [0.717, 1.165) is 0 Å². The Morgan fingerprint density at radius 2 is 2.00 bits per heavy atom. The first-order chi connectivity index (χ1) is 8.76. The molecule has 0 heterocycles. The molecular weight excluding hydrogens is 248 g/mol. The molecule has 0 spiro atoms. The lowest BCUT2D eigenvalue weighted by Gasteiger charge is -2.19. The Kier molecular flexibility index (Phi) is 4.74. The van der Waals surface area contributed by atoms with Gasteiger partial charge in [-0.05, 0) is 32.9 Å². The lowest BCUT2D eigenvalue weighted by molar-refractivity contribution is -0.115. The zero-order valence-corrected chi connectivity index (χ0v) is 11.2. The molecule has 0 atom stereocenters. The molecule has 1 aromatic rings. The van der Waals surface area contributed by atoms with Gasteiger partial charge in [0.2, 0.25) is 5.91 Å². The van der Waals surface area contributed by atoms with Crippen LogP contribution in [0.25, 0.3) is 0 Å². The van der Waals surface area contributed by atoms with Crippen molar-refractivity contribution in [2.24, 2.45) is 0 Å². The molecule has 1 aromatic carbocycles. The molecule has 6 nitrogen and oxygen atoms in total. The number of phenols is 1. The molecule has 0 unspecified atom stereocenters. The maximum atomic E-state index is 11.5. The summed E-state index contributed by atoms with van der Waals surface area (Å²) in [5.41, 5.74) is -0.151. The lowest BCUT2D eigenvalue weighted by atomic mass is 10.2. The predicted molar refractivity (Wildman–Crippen MR) is 71.0 cm³/mol. The monoisotopic (exact) mass is 266 g/mol. The predicted octanol–water partition coefficient (Wildman–Crippen LogP) is 1.86. The molecule has 0 saturated heterocycles. The van der Waals surface area contributed by atoms with Crippen molar-refractivity contribution in [1.82, 2.24) is 5.32 Å². The molecule has 104 valence electrons. The van der Waals surface area contributed by atoms with Crippen LogP contribution in [-0.4, -0.2) is 29.3 Å². The van der Waals surface area contributed by atoms with Gasteiger partial charge in [-0.15, -0.1) is 0 Å². The van der Waals surface area contributed by atoms with E-state index in [2.05, 4.69) is 10.6 Å². The quantitative estimate of drug-likeness (QED) is 0.779. The SMILES string of the molecule is CC(C)(C)OC(=O)NCC(=O)Nc1cccc(O)c1. The average molecular weight is 266 g/mol. The number of amides is 2. The number of hydrogen-bond acceptors (Lipinski definition) is 4. The average Bonchev–Trinajstić information content (AvgIpc) is 2.24. The fourth-order valence-corrected chi connectivity index (χ4v) is 1.26. The highest BCUT2D eigenvalue weighted by molar-refractivity contribution is 5.93. The molecule has 0 fully saturated rings. The smallest absolute Gasteiger partial charge is 0.408 e. The molecule has 3 N–H and O–H groups in total. The van der Waals surface area contributed by atoms with Crippen molar-refractivity contribution in [2.75, 3.05) is 11.9 Å². The highest BCUT2D eigenvalue weighted by atomic mass is 16.6. The minimum Gasteiger partial charge on any atom is -0.508 e. The molecule has 0 aliphatic heterocycles. The number of phenolic OH excluding ortho intramolecular Hbond substituents is 1. The van der Waals surface area contributed by atoms with Crippen molar-refractivity contribution in [3.8, 4) is 5.75 Å². The normalized spacial score (nSPS) is 10.7. The topological polar surface area (TPSA) is 87.7 Å². The summed E-state index contributed by atoms with van der Waals surface area (Å²) in [6.45, 7) is 5.00. The second kappa shape index (κ2) is 6.08. The van der Waals surface area contributed by atoms with Crippen LogP contribution in [0.2, 0.25) is 0 Å². The van der Waals surface area contributed by atoms with E-state index >= 15 is 0 Å². The first-order valence-corrected chi connectivity index (χ1v) is 5.82. The summed E-state index contributed by atoms with van der Waals surface area (Å²) in [6.07, 6.45) is -0.654. The van der Waals surface area contributed by atoms with Crippen LogP contribution in [0.5, 0.6) is 5.75 Å². The van der Waals surface area contributed by atoms with Crippen LogP contribution < -0.4 is 10.6 Å². The Labute approximate surface area is 111 Å². The molecule has 0 aromatic heterocycles. The van der Waals surface area contributed by atoms with Crippen LogP contribution in [0.3, 0.4) is 0 Å². The number of carbonyl (C=O) groups is 2. The van der Waals surface area contributed by atoms with E-state index in [-0.39, 0.29) is 12.3 Å². The Morgan fingerprint density at radius 1 is 1.32 bits per heavy atom. The van der Waals surface area contributed by atoms with E-state index in [4.69, 9.17) is 4.74 Å². The van der Waals surface area contributed by atoms with E-state index < -0.39 is 17.6 Å². The molecule has 0 aliphatic rings. The van der Waals surface area contributed by atoms with Gasteiger partial charge in [0, 0.05) is 11.8 Å². The summed E-state index contributed by atoms with van der Waals surface area (Å²) in [4.78, 5) is 22.8. The summed E-state index contributed by atoms with van der Waals surface area (Å²) >= 11 is 0.